The third-order valence-corrected chi connectivity index (χ3v) is 5.79. The van der Waals surface area contributed by atoms with Gasteiger partial charge >= 0.3 is 0 Å². The highest BCUT2D eigenvalue weighted by Crippen LogP contribution is 2.55. The van der Waals surface area contributed by atoms with Crippen LogP contribution in [0, 0.1) is 5.41 Å². The average molecular weight is 276 g/mol. The summed E-state index contributed by atoms with van der Waals surface area (Å²) in [6.45, 7) is 2.69. The molecule has 1 spiro atoms. The Kier molecular flexibility index (Phi) is 4.02. The molecule has 0 aliphatic heterocycles. The summed E-state index contributed by atoms with van der Waals surface area (Å²) in [5.74, 6) is 0. The lowest BCUT2D eigenvalue weighted by atomic mass is 9.55. The van der Waals surface area contributed by atoms with Gasteiger partial charge in [0.2, 0.25) is 0 Å². The van der Waals surface area contributed by atoms with Gasteiger partial charge in [-0.25, -0.2) is 5.14 Å². The van der Waals surface area contributed by atoms with Crippen molar-refractivity contribution >= 4 is 10.2 Å². The number of ether oxygens (including phenoxy) is 1. The minimum Gasteiger partial charge on any atom is -0.378 e. The van der Waals surface area contributed by atoms with E-state index < -0.39 is 10.2 Å². The van der Waals surface area contributed by atoms with Crippen LogP contribution in [0.5, 0.6) is 0 Å². The highest BCUT2D eigenvalue weighted by atomic mass is 32.2. The molecule has 2 rings (SSSR count). The molecule has 0 aromatic carbocycles. The van der Waals surface area contributed by atoms with Crippen LogP contribution in [0.15, 0.2) is 0 Å². The molecule has 0 heterocycles. The molecule has 2 saturated carbocycles. The van der Waals surface area contributed by atoms with Crippen molar-refractivity contribution in [2.24, 2.45) is 10.6 Å². The molecule has 0 unspecified atom stereocenters. The van der Waals surface area contributed by atoms with Crippen LogP contribution in [0.2, 0.25) is 0 Å². The highest BCUT2D eigenvalue weighted by Gasteiger charge is 2.58. The molecule has 0 amide bonds. The molecular weight excluding hydrogens is 252 g/mol. The molecule has 6 heteroatoms. The Morgan fingerprint density at radius 2 is 1.94 bits per heavy atom. The molecule has 0 bridgehead atoms. The van der Waals surface area contributed by atoms with Crippen LogP contribution in [-0.2, 0) is 14.9 Å². The second kappa shape index (κ2) is 5.07. The van der Waals surface area contributed by atoms with Crippen LogP contribution in [0.3, 0.4) is 0 Å². The summed E-state index contributed by atoms with van der Waals surface area (Å²) in [5, 5.41) is 5.26. The van der Waals surface area contributed by atoms with Crippen LogP contribution >= 0.6 is 0 Å². The first kappa shape index (κ1) is 14.2. The fourth-order valence-electron chi connectivity index (χ4n) is 3.71. The Morgan fingerprint density at radius 1 is 1.33 bits per heavy atom. The lowest BCUT2D eigenvalue weighted by molar-refractivity contribution is -0.164. The van der Waals surface area contributed by atoms with Gasteiger partial charge in [0.1, 0.15) is 0 Å². The third kappa shape index (κ3) is 2.31. The third-order valence-electron chi connectivity index (χ3n) is 4.73. The van der Waals surface area contributed by atoms with E-state index >= 15 is 0 Å². The van der Waals surface area contributed by atoms with Crippen LogP contribution in [0.25, 0.3) is 0 Å². The molecular formula is C12H24N2O3S. The lowest BCUT2D eigenvalue weighted by Crippen LogP contribution is -2.66. The first-order chi connectivity index (χ1) is 8.42. The summed E-state index contributed by atoms with van der Waals surface area (Å²) in [6, 6.07) is 0.0179. The van der Waals surface area contributed by atoms with Gasteiger partial charge in [0.15, 0.2) is 0 Å². The SMILES string of the molecule is CCO[C@@H]1C[C@@H](N(C)S(N)(=O)=O)C12CCCCC2. The lowest BCUT2D eigenvalue weighted by Gasteiger charge is -2.59. The van der Waals surface area contributed by atoms with Crippen LogP contribution in [-0.4, -0.2) is 38.5 Å². The van der Waals surface area contributed by atoms with Gasteiger partial charge in [-0.2, -0.15) is 12.7 Å². The summed E-state index contributed by atoms with van der Waals surface area (Å²) in [4.78, 5) is 0. The Hall–Kier alpha value is -0.170. The minimum atomic E-state index is -3.60. The van der Waals surface area contributed by atoms with E-state index in [1.165, 1.54) is 23.6 Å². The summed E-state index contributed by atoms with van der Waals surface area (Å²) in [7, 11) is -2.00. The van der Waals surface area contributed by atoms with Crippen LogP contribution < -0.4 is 5.14 Å². The van der Waals surface area contributed by atoms with Gasteiger partial charge in [0, 0.05) is 25.1 Å². The van der Waals surface area contributed by atoms with Gasteiger partial charge < -0.3 is 4.74 Å². The molecule has 106 valence electrons. The van der Waals surface area contributed by atoms with E-state index in [0.29, 0.717) is 6.61 Å². The fourth-order valence-corrected chi connectivity index (χ4v) is 4.37. The van der Waals surface area contributed by atoms with E-state index in [-0.39, 0.29) is 17.6 Å². The second-order valence-corrected chi connectivity index (χ2v) is 7.16. The number of hydrogen-bond donors (Lipinski definition) is 1. The van der Waals surface area contributed by atoms with Crippen molar-refractivity contribution in [1.29, 1.82) is 0 Å². The Labute approximate surface area is 110 Å². The van der Waals surface area contributed by atoms with Crippen molar-refractivity contribution in [2.75, 3.05) is 13.7 Å². The maximum Gasteiger partial charge on any atom is 0.276 e. The predicted molar refractivity (Wildman–Crippen MR) is 70.2 cm³/mol. The number of nitrogens with two attached hydrogens (primary N) is 1. The van der Waals surface area contributed by atoms with E-state index in [0.717, 1.165) is 19.3 Å². The van der Waals surface area contributed by atoms with E-state index in [4.69, 9.17) is 9.88 Å². The van der Waals surface area contributed by atoms with Gasteiger partial charge in [0.05, 0.1) is 6.10 Å². The normalized spacial score (nSPS) is 31.6. The van der Waals surface area contributed by atoms with Gasteiger partial charge in [0.25, 0.3) is 10.2 Å². The van der Waals surface area contributed by atoms with E-state index in [1.54, 1.807) is 7.05 Å². The Balaban J connectivity index is 2.17. The van der Waals surface area contributed by atoms with Gasteiger partial charge in [-0.05, 0) is 26.2 Å². The maximum atomic E-state index is 11.5. The van der Waals surface area contributed by atoms with Crippen molar-refractivity contribution in [3.63, 3.8) is 0 Å². The molecule has 5 nitrogen and oxygen atoms in total. The topological polar surface area (TPSA) is 72.6 Å². The average Bonchev–Trinajstić information content (AvgIpc) is 2.33. The molecule has 0 aromatic rings. The second-order valence-electron chi connectivity index (χ2n) is 5.55. The number of nitrogens with zero attached hydrogens (tertiary/aromatic N) is 1. The van der Waals surface area contributed by atoms with Crippen molar-refractivity contribution in [1.82, 2.24) is 4.31 Å². The van der Waals surface area contributed by atoms with Crippen LogP contribution in [0.4, 0.5) is 0 Å². The van der Waals surface area contributed by atoms with Gasteiger partial charge in [-0.15, -0.1) is 0 Å². The van der Waals surface area contributed by atoms with Crippen molar-refractivity contribution in [3.8, 4) is 0 Å². The molecule has 2 aliphatic rings. The zero-order valence-electron chi connectivity index (χ0n) is 11.3. The summed E-state index contributed by atoms with van der Waals surface area (Å²) in [6.07, 6.45) is 6.67. The Morgan fingerprint density at radius 3 is 2.44 bits per heavy atom. The molecule has 2 atom stereocenters. The van der Waals surface area contributed by atoms with Gasteiger partial charge in [-0.3, -0.25) is 0 Å². The largest absolute Gasteiger partial charge is 0.378 e. The maximum absolute atomic E-state index is 11.5. The predicted octanol–water partition coefficient (Wildman–Crippen LogP) is 1.25. The Bertz CT molecular complexity index is 390. The zero-order chi connectivity index (χ0) is 13.4. The molecule has 0 aromatic heterocycles. The first-order valence-corrected chi connectivity index (χ1v) is 8.29. The van der Waals surface area contributed by atoms with Crippen LogP contribution in [0.1, 0.15) is 45.4 Å². The summed E-state index contributed by atoms with van der Waals surface area (Å²) < 4.78 is 30.2. The van der Waals surface area contributed by atoms with Gasteiger partial charge in [-0.1, -0.05) is 19.3 Å². The standard InChI is InChI=1S/C12H24N2O3S/c1-3-17-11-9-10(14(2)18(13,15)16)12(11)7-5-4-6-8-12/h10-11H,3-9H2,1-2H3,(H2,13,15,16)/t10-,11-/m1/s1. The molecule has 2 fully saturated rings. The molecule has 0 saturated heterocycles. The molecule has 0 radical (unpaired) electrons. The van der Waals surface area contributed by atoms with E-state index in [1.807, 2.05) is 6.92 Å². The van der Waals surface area contributed by atoms with E-state index in [9.17, 15) is 8.42 Å². The molecule has 2 N–H and O–H groups in total. The van der Waals surface area contributed by atoms with E-state index in [2.05, 4.69) is 0 Å². The highest BCUT2D eigenvalue weighted by molar-refractivity contribution is 7.86. The van der Waals surface area contributed by atoms with Crippen molar-refractivity contribution in [3.05, 3.63) is 0 Å². The summed E-state index contributed by atoms with van der Waals surface area (Å²) >= 11 is 0. The smallest absolute Gasteiger partial charge is 0.276 e. The molecule has 2 aliphatic carbocycles. The first-order valence-electron chi connectivity index (χ1n) is 6.79. The quantitative estimate of drug-likeness (QED) is 0.840. The van der Waals surface area contributed by atoms with Crippen molar-refractivity contribution in [2.45, 2.75) is 57.6 Å². The summed E-state index contributed by atoms with van der Waals surface area (Å²) in [5.41, 5.74) is 0.00938. The fraction of sp³-hybridized carbons (Fsp3) is 1.00. The number of hydrogen-bond acceptors (Lipinski definition) is 3. The van der Waals surface area contributed by atoms with Crippen molar-refractivity contribution < 1.29 is 13.2 Å². The monoisotopic (exact) mass is 276 g/mol. The minimum absolute atomic E-state index is 0.00938. The zero-order valence-corrected chi connectivity index (χ0v) is 12.1. The number of rotatable bonds is 4. The molecule has 18 heavy (non-hydrogen) atoms.